The first kappa shape index (κ1) is 114. The Balaban J connectivity index is 1.51. The lowest BCUT2D eigenvalue weighted by Crippen LogP contribution is -2.70. The molecule has 140 heavy (non-hydrogen) atoms. The van der Waals surface area contributed by atoms with E-state index in [9.17, 15) is 95.9 Å². The zero-order chi connectivity index (χ0) is 104. The third kappa shape index (κ3) is 32.5. The molecule has 55 nitrogen and oxygen atoms in total. The number of rotatable bonds is 29. The summed E-state index contributed by atoms with van der Waals surface area (Å²) in [6, 6.07) is 0. The van der Waals surface area contributed by atoms with E-state index in [4.69, 9.17) is 172 Å². The van der Waals surface area contributed by atoms with Gasteiger partial charge in [-0.05, 0) is 0 Å². The quantitative estimate of drug-likeness (QED) is 0.0405. The average Bonchev–Trinajstić information content (AvgIpc) is 0.780. The van der Waals surface area contributed by atoms with E-state index in [-0.39, 0.29) is 0 Å². The second kappa shape index (κ2) is 52.2. The zero-order valence-electron chi connectivity index (χ0n) is 79.4. The smallest absolute Gasteiger partial charge is 0.303 e. The van der Waals surface area contributed by atoms with Crippen LogP contribution in [0.1, 0.15) is 138 Å². The molecule has 782 valence electrons. The van der Waals surface area contributed by atoms with E-state index in [2.05, 4.69) is 5.92 Å². The number of hydrogen-bond acceptors (Lipinski definition) is 55. The second-order valence-corrected chi connectivity index (χ2v) is 32.1. The molecule has 0 amide bonds. The van der Waals surface area contributed by atoms with Gasteiger partial charge in [0.05, 0.1) is 0 Å². The van der Waals surface area contributed by atoms with Crippen LogP contribution in [0.25, 0.3) is 0 Å². The van der Waals surface area contributed by atoms with Crippen molar-refractivity contribution < 1.29 is 262 Å². The maximum atomic E-state index is 14.0. The van der Waals surface area contributed by atoms with E-state index in [1.54, 1.807) is 0 Å². The number of ether oxygens (including phenoxy) is 35. The summed E-state index contributed by atoms with van der Waals surface area (Å²) in [5.41, 5.74) is 0. The zero-order valence-corrected chi connectivity index (χ0v) is 79.4. The highest BCUT2D eigenvalue weighted by Gasteiger charge is 2.66. The Kier molecular flexibility index (Phi) is 42.4. The van der Waals surface area contributed by atoms with Crippen molar-refractivity contribution in [2.45, 2.75) is 353 Å². The van der Waals surface area contributed by atoms with E-state index < -0.39 is 387 Å². The largest absolute Gasteiger partial charge is 0.463 e. The fraction of sp³-hybridized carbons (Fsp3) is 0.741. The number of carbonyl (C=O) groups is 20. The van der Waals surface area contributed by atoms with Crippen molar-refractivity contribution in [3.05, 3.63) is 0 Å². The van der Waals surface area contributed by atoms with Crippen molar-refractivity contribution in [2.75, 3.05) is 52.9 Å². The molecule has 15 aliphatic heterocycles. The standard InChI is InChI=1S/C85H112O55/c1-22-23-106-72-65(114-38(9)93)58-51(24-107-31(2)86)127-79(72)134-59-52(25-108-32(3)87)128-81(73(121-45(16)100)66(59)115-39(10)94)136-61-54(27-110-34(5)89)130-83(75(123-47(18)102)68(61)117-41(12)96)138-63-56(29-112-36(7)91)132-85(77(125-49(20)104)70(63)119-43(14)98)140-64-57(30-113-37(8)92)133-84(78(126-50(21)105)71(64)120-44(15)99)139-62-55(28-111-35(6)90)131-82(76(124-48(19)103)69(62)118-42(13)97)137-60-53(26-109-33(4)88)129-80(135-58)74(122-46(17)101)67(60)116-40(11)95/h1,51-85H,23-30H2,2-21H3/t51-,52-,53-,54-,55-,56-,57-,58-,59-,60-,61-,62-,63-,64-,65+,66+,67+,68+,69+,70+,71+,72-,73-,74-,75-,76-,77-,78-,79-,80-,81-,82-,83-,84-,85-/m1/s1. The first-order chi connectivity index (χ1) is 65.8. The summed E-state index contributed by atoms with van der Waals surface area (Å²) in [6.07, 6.45) is -74.2. The Morgan fingerprint density at radius 2 is 0.286 bits per heavy atom. The molecule has 55 heteroatoms. The van der Waals surface area contributed by atoms with Gasteiger partial charge in [0.25, 0.3) is 0 Å². The molecular weight excluding hydrogens is 1900 g/mol. The SMILES string of the molecule is C#CCO[C@H]1[C@H]2O[C@H]3[C@H](OC(C)=O)[C@@H](OC(C)=O)[C@@H](O[C@H]4[C@H](OC(C)=O)[C@@H](OC(C)=O)[C@@H](O[C@H]5[C@H](OC(C)=O)[C@@H](OC(C)=O)[C@@H](O[C@H]6[C@H](OC(C)=O)[C@@H](OC(C)=O)[C@@H](O[C@H]7[C@H](OC(C)=O)[C@@H](OC(C)=O)[C@@H](O[C@H]8[C@H](OC(C)=O)[C@@H](OC(C)=O)[C@@H](O[C@@H]([C@@H]1OC(C)=O)[C@@H](COC(C)=O)O2)O[C@@H]8COC(C)=O)O[C@@H]7COC(C)=O)O[C@@H]6COC(C)=O)O[C@@H]5COC(C)=O)O[C@@H]4COC(C)=O)O[C@@H]3COC(C)=O. The minimum atomic E-state index is -2.46. The first-order valence-electron chi connectivity index (χ1n) is 43.2. The van der Waals surface area contributed by atoms with Crippen LogP contribution < -0.4 is 0 Å². The summed E-state index contributed by atoms with van der Waals surface area (Å²) >= 11 is 0. The van der Waals surface area contributed by atoms with Crippen molar-refractivity contribution in [3.8, 4) is 12.3 Å². The molecule has 0 aromatic heterocycles. The van der Waals surface area contributed by atoms with Gasteiger partial charge >= 0.3 is 119 Å². The molecule has 15 fully saturated rings. The lowest BCUT2D eigenvalue weighted by molar-refractivity contribution is -0.398. The van der Waals surface area contributed by atoms with E-state index in [0.29, 0.717) is 0 Å². The van der Waals surface area contributed by atoms with Crippen LogP contribution in [0.3, 0.4) is 0 Å². The van der Waals surface area contributed by atoms with Crippen LogP contribution in [-0.4, -0.2) is 387 Å². The molecule has 0 radical (unpaired) electrons. The van der Waals surface area contributed by atoms with Crippen LogP contribution in [0.15, 0.2) is 0 Å². The monoisotopic (exact) mass is 2010 g/mol. The van der Waals surface area contributed by atoms with Gasteiger partial charge in [-0.2, -0.15) is 0 Å². The van der Waals surface area contributed by atoms with Crippen LogP contribution in [-0.2, 0) is 262 Å². The number of esters is 20. The lowest BCUT2D eigenvalue weighted by Gasteiger charge is -2.52. The van der Waals surface area contributed by atoms with Crippen LogP contribution in [0.4, 0.5) is 0 Å². The number of terminal acetylenes is 1. The van der Waals surface area contributed by atoms with Gasteiger partial charge in [-0.25, -0.2) is 0 Å². The average molecular weight is 2010 g/mol. The summed E-state index contributed by atoms with van der Waals surface area (Å²) in [5.74, 6) is -22.3. The van der Waals surface area contributed by atoms with Gasteiger partial charge in [-0.1, -0.05) is 5.92 Å². The summed E-state index contributed by atoms with van der Waals surface area (Å²) in [4.78, 5) is 274. The summed E-state index contributed by atoms with van der Waals surface area (Å²) in [7, 11) is 0. The predicted octanol–water partition coefficient (Wildman–Crippen LogP) is -3.16. The van der Waals surface area contributed by atoms with E-state index in [1.165, 1.54) is 0 Å². The third-order valence-electron chi connectivity index (χ3n) is 20.6. The maximum absolute atomic E-state index is 14.0. The fourth-order valence-corrected chi connectivity index (χ4v) is 16.0. The van der Waals surface area contributed by atoms with Crippen molar-refractivity contribution in [2.24, 2.45) is 0 Å². The third-order valence-corrected chi connectivity index (χ3v) is 20.6. The maximum Gasteiger partial charge on any atom is 0.303 e. The van der Waals surface area contributed by atoms with Gasteiger partial charge in [0.15, 0.2) is 123 Å². The van der Waals surface area contributed by atoms with Gasteiger partial charge in [0, 0.05) is 138 Å². The van der Waals surface area contributed by atoms with Gasteiger partial charge in [-0.3, -0.25) is 95.9 Å². The highest BCUT2D eigenvalue weighted by Crippen LogP contribution is 2.45. The topological polar surface area (TPSA) is 664 Å². The molecule has 15 aliphatic rings. The Morgan fingerprint density at radius 3 is 0.400 bits per heavy atom. The number of carbonyl (C=O) groups excluding carboxylic acids is 20. The molecule has 15 rings (SSSR count). The molecule has 0 spiro atoms. The van der Waals surface area contributed by atoms with Crippen molar-refractivity contribution in [1.82, 2.24) is 0 Å². The van der Waals surface area contributed by atoms with Gasteiger partial charge in [0.1, 0.15) is 144 Å². The Hall–Kier alpha value is -11.6. The Morgan fingerprint density at radius 1 is 0.171 bits per heavy atom. The van der Waals surface area contributed by atoms with Crippen LogP contribution >= 0.6 is 0 Å². The van der Waals surface area contributed by atoms with Crippen molar-refractivity contribution in [3.63, 3.8) is 0 Å². The summed E-state index contributed by atoms with van der Waals surface area (Å²) < 4.78 is 216. The molecular formula is C85H112O55. The first-order valence-corrected chi connectivity index (χ1v) is 43.2. The minimum absolute atomic E-state index is 0.797. The van der Waals surface area contributed by atoms with E-state index >= 15 is 0 Å². The molecule has 15 saturated heterocycles. The van der Waals surface area contributed by atoms with Gasteiger partial charge in [-0.15, -0.1) is 6.42 Å². The van der Waals surface area contributed by atoms with Crippen molar-refractivity contribution >= 4 is 119 Å². The molecule has 0 unspecified atom stereocenters. The highest BCUT2D eigenvalue weighted by molar-refractivity contribution is 5.73. The molecule has 0 saturated carbocycles. The highest BCUT2D eigenvalue weighted by atomic mass is 16.8. The van der Waals surface area contributed by atoms with Crippen LogP contribution in [0.2, 0.25) is 0 Å². The van der Waals surface area contributed by atoms with E-state index in [1.807, 2.05) is 0 Å². The molecule has 0 aromatic rings. The van der Waals surface area contributed by atoms with Crippen LogP contribution in [0.5, 0.6) is 0 Å². The van der Waals surface area contributed by atoms with Crippen LogP contribution in [0, 0.1) is 12.3 Å². The molecule has 15 heterocycles. The molecule has 0 N–H and O–H groups in total. The van der Waals surface area contributed by atoms with Gasteiger partial charge < -0.3 is 166 Å². The summed E-state index contributed by atoms with van der Waals surface area (Å²) in [6.45, 7) is 8.24. The number of fused-ring (bicyclic) bond motifs is 7. The normalized spacial score (nSPS) is 34.6. The van der Waals surface area contributed by atoms with E-state index in [0.717, 1.165) is 138 Å². The molecule has 35 atom stereocenters. The Labute approximate surface area is 797 Å². The van der Waals surface area contributed by atoms with Gasteiger partial charge in [0.2, 0.25) is 0 Å². The second-order valence-electron chi connectivity index (χ2n) is 32.1. The molecule has 0 aromatic carbocycles. The predicted molar refractivity (Wildman–Crippen MR) is 432 cm³/mol. The molecule has 14 bridgehead atoms. The summed E-state index contributed by atoms with van der Waals surface area (Å²) in [5, 5.41) is 0. The van der Waals surface area contributed by atoms with Crippen molar-refractivity contribution in [1.29, 1.82) is 0 Å². The number of hydrogen-bond donors (Lipinski definition) is 0. The Bertz CT molecular complexity index is 4380. The molecule has 0 aliphatic carbocycles. The minimum Gasteiger partial charge on any atom is -0.463 e. The fourth-order valence-electron chi connectivity index (χ4n) is 16.0. The lowest BCUT2D eigenvalue weighted by atomic mass is 9.94.